The molecule has 1 nitrogen and oxygen atoms in total. The number of hydrogen-bond acceptors (Lipinski definition) is 1. The quantitative estimate of drug-likeness (QED) is 0.229. The van der Waals surface area contributed by atoms with Gasteiger partial charge < -0.3 is 0 Å². The van der Waals surface area contributed by atoms with Gasteiger partial charge in [0.15, 0.2) is 0 Å². The highest BCUT2D eigenvalue weighted by Crippen LogP contribution is 2.38. The Kier molecular flexibility index (Phi) is 4.49. The largest absolute Gasteiger partial charge is 0.192 e. The van der Waals surface area contributed by atoms with Crippen LogP contribution in [0, 0.1) is 23.2 Å². The van der Waals surface area contributed by atoms with Crippen molar-refractivity contribution in [3.05, 3.63) is 120 Å². The first-order valence-electron chi connectivity index (χ1n) is 9.86. The van der Waals surface area contributed by atoms with E-state index in [0.717, 1.165) is 21.9 Å². The van der Waals surface area contributed by atoms with E-state index < -0.39 is 0 Å². The van der Waals surface area contributed by atoms with Crippen LogP contribution in [0.3, 0.4) is 0 Å². The van der Waals surface area contributed by atoms with Gasteiger partial charge in [0.2, 0.25) is 0 Å². The smallest absolute Gasteiger partial charge is 0.0991 e. The van der Waals surface area contributed by atoms with Crippen LogP contribution < -0.4 is 0 Å². The van der Waals surface area contributed by atoms with Crippen molar-refractivity contribution >= 4 is 21.5 Å². The van der Waals surface area contributed by atoms with Crippen molar-refractivity contribution in [1.29, 1.82) is 5.26 Å². The third-order valence-corrected chi connectivity index (χ3v) is 5.34. The lowest BCUT2D eigenvalue weighted by molar-refractivity contribution is 1.48. The Balaban J connectivity index is 1.82. The third kappa shape index (κ3) is 3.10. The van der Waals surface area contributed by atoms with Crippen molar-refractivity contribution in [2.75, 3.05) is 0 Å². The van der Waals surface area contributed by atoms with Crippen LogP contribution in [0.15, 0.2) is 103 Å². The molecule has 0 saturated carbocycles. The van der Waals surface area contributed by atoms with Gasteiger partial charge in [0.05, 0.1) is 11.6 Å². The molecule has 30 heavy (non-hydrogen) atoms. The summed E-state index contributed by atoms with van der Waals surface area (Å²) in [6.07, 6.45) is 0. The average molecular weight is 379 g/mol. The van der Waals surface area contributed by atoms with Crippen molar-refractivity contribution < 1.29 is 0 Å². The molecule has 0 unspecified atom stereocenters. The molecule has 0 amide bonds. The number of nitrogens with zero attached hydrogens (tertiary/aromatic N) is 1. The zero-order valence-corrected chi connectivity index (χ0v) is 16.3. The second-order valence-electron chi connectivity index (χ2n) is 7.15. The highest BCUT2D eigenvalue weighted by molar-refractivity contribution is 6.16. The van der Waals surface area contributed by atoms with E-state index in [9.17, 15) is 0 Å². The molecule has 0 aromatic heterocycles. The predicted molar refractivity (Wildman–Crippen MR) is 124 cm³/mol. The first kappa shape index (κ1) is 17.7. The molecule has 0 heterocycles. The lowest BCUT2D eigenvalue weighted by Crippen LogP contribution is -1.90. The molecule has 0 aliphatic carbocycles. The van der Waals surface area contributed by atoms with Gasteiger partial charge in [0, 0.05) is 11.1 Å². The molecule has 1 heteroatoms. The van der Waals surface area contributed by atoms with E-state index in [1.54, 1.807) is 12.1 Å². The van der Waals surface area contributed by atoms with Crippen molar-refractivity contribution in [3.8, 4) is 29.0 Å². The summed E-state index contributed by atoms with van der Waals surface area (Å²) in [6.45, 7) is 0. The zero-order valence-electron chi connectivity index (χ0n) is 16.3. The maximum Gasteiger partial charge on any atom is 0.0991 e. The van der Waals surface area contributed by atoms with Gasteiger partial charge in [0.1, 0.15) is 0 Å². The van der Waals surface area contributed by atoms with Gasteiger partial charge in [-0.3, -0.25) is 0 Å². The maximum absolute atomic E-state index is 9.01. The van der Waals surface area contributed by atoms with E-state index in [1.165, 1.54) is 21.9 Å². The summed E-state index contributed by atoms with van der Waals surface area (Å²) in [5.41, 5.74) is 5.02. The highest BCUT2D eigenvalue weighted by atomic mass is 14.2. The van der Waals surface area contributed by atoms with Crippen molar-refractivity contribution in [1.82, 2.24) is 0 Å². The number of hydrogen-bond donors (Lipinski definition) is 0. The normalized spacial score (nSPS) is 10.4. The molecule has 138 valence electrons. The fraction of sp³-hybridized carbons (Fsp3) is 0. The minimum Gasteiger partial charge on any atom is -0.192 e. The van der Waals surface area contributed by atoms with E-state index in [1.807, 2.05) is 18.2 Å². The first-order chi connectivity index (χ1) is 14.8. The Bertz CT molecular complexity index is 1420. The average Bonchev–Trinajstić information content (AvgIpc) is 2.82. The van der Waals surface area contributed by atoms with Crippen LogP contribution in [0.5, 0.6) is 0 Å². The summed E-state index contributed by atoms with van der Waals surface area (Å²) in [4.78, 5) is 0. The predicted octanol–water partition coefficient (Wildman–Crippen LogP) is 6.93. The maximum atomic E-state index is 9.01. The summed E-state index contributed by atoms with van der Waals surface area (Å²) < 4.78 is 0. The minimum atomic E-state index is 0.642. The van der Waals surface area contributed by atoms with Crippen molar-refractivity contribution in [3.63, 3.8) is 0 Å². The van der Waals surface area contributed by atoms with Gasteiger partial charge in [0.25, 0.3) is 0 Å². The summed E-state index contributed by atoms with van der Waals surface area (Å²) >= 11 is 0. The Morgan fingerprint density at radius 1 is 0.467 bits per heavy atom. The summed E-state index contributed by atoms with van der Waals surface area (Å²) in [7, 11) is 0. The Hall–Kier alpha value is -4.33. The lowest BCUT2D eigenvalue weighted by atomic mass is 9.88. The Morgan fingerprint density at radius 2 is 0.967 bits per heavy atom. The van der Waals surface area contributed by atoms with Gasteiger partial charge in [-0.25, -0.2) is 0 Å². The molecule has 0 saturated heterocycles. The van der Waals surface area contributed by atoms with Crippen LogP contribution in [0.2, 0.25) is 0 Å². The molecule has 0 fully saturated rings. The molecule has 0 atom stereocenters. The van der Waals surface area contributed by atoms with Crippen molar-refractivity contribution in [2.24, 2.45) is 0 Å². The fourth-order valence-electron chi connectivity index (χ4n) is 3.94. The molecule has 0 spiro atoms. The van der Waals surface area contributed by atoms with Crippen LogP contribution in [0.25, 0.3) is 32.7 Å². The molecular formula is C29H17N. The summed E-state index contributed by atoms with van der Waals surface area (Å²) in [5.74, 6) is 6.73. The van der Waals surface area contributed by atoms with E-state index in [0.29, 0.717) is 5.56 Å². The number of nitriles is 1. The summed E-state index contributed by atoms with van der Waals surface area (Å²) in [6, 6.07) is 37.0. The molecule has 5 rings (SSSR count). The van der Waals surface area contributed by atoms with E-state index in [4.69, 9.17) is 5.26 Å². The van der Waals surface area contributed by atoms with E-state index in [-0.39, 0.29) is 0 Å². The Labute approximate surface area is 175 Å². The fourth-order valence-corrected chi connectivity index (χ4v) is 3.94. The molecule has 5 aromatic carbocycles. The van der Waals surface area contributed by atoms with Crippen LogP contribution >= 0.6 is 0 Å². The molecule has 0 radical (unpaired) electrons. The van der Waals surface area contributed by atoms with Gasteiger partial charge >= 0.3 is 0 Å². The molecule has 0 bridgehead atoms. The zero-order chi connectivity index (χ0) is 20.3. The Morgan fingerprint density at radius 3 is 1.53 bits per heavy atom. The van der Waals surface area contributed by atoms with Gasteiger partial charge in [-0.05, 0) is 56.9 Å². The van der Waals surface area contributed by atoms with Crippen LogP contribution in [0.4, 0.5) is 0 Å². The second kappa shape index (κ2) is 7.59. The van der Waals surface area contributed by atoms with Crippen LogP contribution in [-0.2, 0) is 0 Å². The van der Waals surface area contributed by atoms with Crippen molar-refractivity contribution in [2.45, 2.75) is 0 Å². The highest BCUT2D eigenvalue weighted by Gasteiger charge is 2.13. The molecule has 0 N–H and O–H groups in total. The number of rotatable bonds is 1. The number of fused-ring (bicyclic) bond motifs is 2. The first-order valence-corrected chi connectivity index (χ1v) is 9.86. The standard InChI is InChI=1S/C29H17N/c30-20-22-16-14-21(15-17-22)18-19-26-24-10-4-6-12-27(24)29(23-8-2-1-3-9-23)28-13-7-5-11-25(26)28/h1-17H. The second-order valence-corrected chi connectivity index (χ2v) is 7.15. The monoisotopic (exact) mass is 379 g/mol. The van der Waals surface area contributed by atoms with Crippen LogP contribution in [-0.4, -0.2) is 0 Å². The lowest BCUT2D eigenvalue weighted by Gasteiger charge is -2.14. The van der Waals surface area contributed by atoms with Gasteiger partial charge in [-0.15, -0.1) is 0 Å². The third-order valence-electron chi connectivity index (χ3n) is 5.34. The molecular weight excluding hydrogens is 362 g/mol. The van der Waals surface area contributed by atoms with E-state index >= 15 is 0 Å². The topological polar surface area (TPSA) is 23.8 Å². The molecule has 0 aliphatic heterocycles. The van der Waals surface area contributed by atoms with E-state index in [2.05, 4.69) is 90.7 Å². The summed E-state index contributed by atoms with van der Waals surface area (Å²) in [5, 5.41) is 13.7. The van der Waals surface area contributed by atoms with Gasteiger partial charge in [-0.2, -0.15) is 5.26 Å². The van der Waals surface area contributed by atoms with Gasteiger partial charge in [-0.1, -0.05) is 90.7 Å². The SMILES string of the molecule is N#Cc1ccc(C#Cc2c3ccccc3c(-c3ccccc3)c3ccccc23)cc1. The minimum absolute atomic E-state index is 0.642. The van der Waals surface area contributed by atoms with Crippen LogP contribution in [0.1, 0.15) is 16.7 Å². The molecule has 5 aromatic rings. The molecule has 0 aliphatic rings. The number of benzene rings is 5.